The Bertz CT molecular complexity index is 790. The summed E-state index contributed by atoms with van der Waals surface area (Å²) in [7, 11) is 0. The maximum atomic E-state index is 12.7. The zero-order chi connectivity index (χ0) is 23.9. The Labute approximate surface area is 198 Å². The summed E-state index contributed by atoms with van der Waals surface area (Å²) in [6.07, 6.45) is 4.64. The Hall–Kier alpha value is -2.38. The highest BCUT2D eigenvalue weighted by Crippen LogP contribution is 2.37. The molecule has 1 atom stereocenters. The van der Waals surface area contributed by atoms with Gasteiger partial charge in [0.25, 0.3) is 0 Å². The van der Waals surface area contributed by atoms with Crippen LogP contribution in [0.2, 0.25) is 0 Å². The number of carbonyl (C=O) groups is 2. The van der Waals surface area contributed by atoms with E-state index in [1.165, 1.54) is 5.56 Å². The number of nitrogens with zero attached hydrogens (tertiary/aromatic N) is 2. The molecule has 2 aliphatic rings. The van der Waals surface area contributed by atoms with Gasteiger partial charge in [-0.15, -0.1) is 0 Å². The molecule has 0 aliphatic carbocycles. The normalized spacial score (nSPS) is 22.6. The van der Waals surface area contributed by atoms with E-state index in [1.54, 1.807) is 6.08 Å². The van der Waals surface area contributed by atoms with Crippen LogP contribution in [0.25, 0.3) is 0 Å². The van der Waals surface area contributed by atoms with Gasteiger partial charge in [-0.25, -0.2) is 4.79 Å². The molecule has 2 fully saturated rings. The summed E-state index contributed by atoms with van der Waals surface area (Å²) in [5, 5.41) is 2.94. The number of benzene rings is 1. The number of amides is 2. The van der Waals surface area contributed by atoms with Crippen LogP contribution in [-0.4, -0.2) is 67.4 Å². The number of carbonyl (C=O) groups excluding carboxylic acids is 2. The summed E-state index contributed by atoms with van der Waals surface area (Å²) in [5.74, 6) is 0.130. The van der Waals surface area contributed by atoms with Gasteiger partial charge in [0.05, 0.1) is 5.60 Å². The molecule has 0 spiro atoms. The van der Waals surface area contributed by atoms with E-state index in [1.807, 2.05) is 31.7 Å². The number of nitrogens with one attached hydrogen (secondary N) is 1. The lowest BCUT2D eigenvalue weighted by atomic mass is 9.85. The van der Waals surface area contributed by atoms with Crippen molar-refractivity contribution in [2.24, 2.45) is 5.41 Å². The van der Waals surface area contributed by atoms with Crippen LogP contribution in [0.4, 0.5) is 4.79 Å². The number of hydrogen-bond donors (Lipinski definition) is 1. The summed E-state index contributed by atoms with van der Waals surface area (Å²) in [5.41, 5.74) is 0.376. The van der Waals surface area contributed by atoms with E-state index in [4.69, 9.17) is 9.47 Å². The van der Waals surface area contributed by atoms with E-state index in [0.29, 0.717) is 13.3 Å². The minimum atomic E-state index is -0.410. The zero-order valence-electron chi connectivity index (χ0n) is 20.3. The quantitative estimate of drug-likeness (QED) is 0.629. The van der Waals surface area contributed by atoms with Crippen molar-refractivity contribution in [2.75, 3.05) is 39.5 Å². The SMILES string of the molecule is C=CCOC(=O)NC1CCN(CCC2(c3ccccc3)CCN(C(=O)C(C)(C)C)CO2)CC1. The largest absolute Gasteiger partial charge is 0.445 e. The molecule has 0 radical (unpaired) electrons. The van der Waals surface area contributed by atoms with E-state index >= 15 is 0 Å². The van der Waals surface area contributed by atoms with Gasteiger partial charge >= 0.3 is 6.09 Å². The Morgan fingerprint density at radius 1 is 1.21 bits per heavy atom. The first-order valence-corrected chi connectivity index (χ1v) is 12.0. The topological polar surface area (TPSA) is 71.1 Å². The molecule has 1 unspecified atom stereocenters. The van der Waals surface area contributed by atoms with Crippen molar-refractivity contribution in [3.63, 3.8) is 0 Å². The highest BCUT2D eigenvalue weighted by Gasteiger charge is 2.40. The van der Waals surface area contributed by atoms with Crippen molar-refractivity contribution >= 4 is 12.0 Å². The molecule has 0 aromatic heterocycles. The molecule has 2 aliphatic heterocycles. The number of ether oxygens (including phenoxy) is 2. The Kier molecular flexibility index (Phi) is 8.54. The Morgan fingerprint density at radius 2 is 1.91 bits per heavy atom. The molecule has 0 saturated carbocycles. The molecule has 7 heteroatoms. The van der Waals surface area contributed by atoms with E-state index in [2.05, 4.69) is 41.1 Å². The first-order chi connectivity index (χ1) is 15.7. The second-order valence-electron chi connectivity index (χ2n) is 10.1. The minimum absolute atomic E-state index is 0.130. The highest BCUT2D eigenvalue weighted by molar-refractivity contribution is 5.81. The summed E-state index contributed by atoms with van der Waals surface area (Å²) >= 11 is 0. The third-order valence-electron chi connectivity index (χ3n) is 6.58. The second kappa shape index (κ2) is 11.2. The summed E-state index contributed by atoms with van der Waals surface area (Å²) in [6, 6.07) is 10.5. The number of likely N-dealkylation sites (tertiary alicyclic amines) is 1. The van der Waals surface area contributed by atoms with Gasteiger partial charge in [-0.05, 0) is 31.2 Å². The molecule has 0 bridgehead atoms. The lowest BCUT2D eigenvalue weighted by molar-refractivity contribution is -0.175. The smallest absolute Gasteiger partial charge is 0.407 e. The van der Waals surface area contributed by atoms with Crippen LogP contribution < -0.4 is 5.32 Å². The van der Waals surface area contributed by atoms with Crippen LogP contribution in [-0.2, 0) is 19.9 Å². The van der Waals surface area contributed by atoms with E-state index in [-0.39, 0.29) is 30.3 Å². The monoisotopic (exact) mass is 457 g/mol. The summed E-state index contributed by atoms with van der Waals surface area (Å²) in [4.78, 5) is 28.8. The molecule has 2 amide bonds. The maximum Gasteiger partial charge on any atom is 0.407 e. The van der Waals surface area contributed by atoms with Gasteiger partial charge in [0.15, 0.2) is 0 Å². The van der Waals surface area contributed by atoms with Crippen molar-refractivity contribution in [1.82, 2.24) is 15.1 Å². The van der Waals surface area contributed by atoms with Crippen molar-refractivity contribution in [1.29, 1.82) is 0 Å². The fourth-order valence-electron chi connectivity index (χ4n) is 4.58. The van der Waals surface area contributed by atoms with Crippen LogP contribution in [0, 0.1) is 5.41 Å². The molecular formula is C26H39N3O4. The van der Waals surface area contributed by atoms with Crippen LogP contribution in [0.15, 0.2) is 43.0 Å². The zero-order valence-corrected chi connectivity index (χ0v) is 20.3. The molecule has 33 heavy (non-hydrogen) atoms. The molecule has 2 heterocycles. The number of rotatable bonds is 7. The first-order valence-electron chi connectivity index (χ1n) is 12.0. The minimum Gasteiger partial charge on any atom is -0.445 e. The predicted octanol–water partition coefficient (Wildman–Crippen LogP) is 3.90. The van der Waals surface area contributed by atoms with E-state index < -0.39 is 5.41 Å². The molecule has 2 saturated heterocycles. The van der Waals surface area contributed by atoms with Crippen molar-refractivity contribution < 1.29 is 19.1 Å². The molecule has 3 rings (SSSR count). The summed E-state index contributed by atoms with van der Waals surface area (Å²) in [6.45, 7) is 13.4. The van der Waals surface area contributed by atoms with Gasteiger partial charge < -0.3 is 24.6 Å². The van der Waals surface area contributed by atoms with Gasteiger partial charge in [0, 0.05) is 37.6 Å². The van der Waals surface area contributed by atoms with Crippen LogP contribution in [0.1, 0.15) is 52.0 Å². The predicted molar refractivity (Wildman–Crippen MR) is 129 cm³/mol. The van der Waals surface area contributed by atoms with Gasteiger partial charge in [-0.1, -0.05) is 63.8 Å². The molecule has 1 aromatic rings. The molecular weight excluding hydrogens is 418 g/mol. The molecule has 182 valence electrons. The lowest BCUT2D eigenvalue weighted by Gasteiger charge is -2.45. The molecule has 1 aromatic carbocycles. The van der Waals surface area contributed by atoms with Gasteiger partial charge in [-0.2, -0.15) is 0 Å². The second-order valence-corrected chi connectivity index (χ2v) is 10.1. The number of piperidine rings is 1. The summed E-state index contributed by atoms with van der Waals surface area (Å²) < 4.78 is 11.5. The van der Waals surface area contributed by atoms with Crippen LogP contribution >= 0.6 is 0 Å². The Balaban J connectivity index is 1.56. The average molecular weight is 458 g/mol. The fraction of sp³-hybridized carbons (Fsp3) is 0.615. The van der Waals surface area contributed by atoms with Crippen LogP contribution in [0.3, 0.4) is 0 Å². The van der Waals surface area contributed by atoms with Gasteiger partial charge in [-0.3, -0.25) is 4.79 Å². The Morgan fingerprint density at radius 3 is 2.48 bits per heavy atom. The van der Waals surface area contributed by atoms with Crippen molar-refractivity contribution in [3.8, 4) is 0 Å². The van der Waals surface area contributed by atoms with Gasteiger partial charge in [0.2, 0.25) is 5.91 Å². The van der Waals surface area contributed by atoms with E-state index in [0.717, 1.165) is 45.3 Å². The average Bonchev–Trinajstić information content (AvgIpc) is 2.82. The standard InChI is InChI=1S/C26H39N3O4/c1-5-19-32-24(31)27-22-11-15-28(16-12-22)17-13-26(21-9-7-6-8-10-21)14-18-29(20-33-26)23(30)25(2,3)4/h5-10,22H,1,11-20H2,2-4H3,(H,27,31). The molecule has 1 N–H and O–H groups in total. The van der Waals surface area contributed by atoms with E-state index in [9.17, 15) is 9.59 Å². The number of alkyl carbamates (subject to hydrolysis) is 1. The lowest BCUT2D eigenvalue weighted by Crippen LogP contribution is -2.51. The molecule has 7 nitrogen and oxygen atoms in total. The first kappa shape index (κ1) is 25.2. The third-order valence-corrected chi connectivity index (χ3v) is 6.58. The number of hydrogen-bond acceptors (Lipinski definition) is 5. The highest BCUT2D eigenvalue weighted by atomic mass is 16.5. The van der Waals surface area contributed by atoms with Crippen molar-refractivity contribution in [2.45, 2.75) is 58.1 Å². The third kappa shape index (κ3) is 6.81. The fourth-order valence-corrected chi connectivity index (χ4v) is 4.58. The van der Waals surface area contributed by atoms with Gasteiger partial charge in [0.1, 0.15) is 13.3 Å². The van der Waals surface area contributed by atoms with Crippen LogP contribution in [0.5, 0.6) is 0 Å². The maximum absolute atomic E-state index is 12.7. The van der Waals surface area contributed by atoms with Crippen molar-refractivity contribution in [3.05, 3.63) is 48.6 Å².